The van der Waals surface area contributed by atoms with Crippen molar-refractivity contribution in [2.75, 3.05) is 13.2 Å². The van der Waals surface area contributed by atoms with Crippen LogP contribution in [-0.2, 0) is 22.3 Å². The van der Waals surface area contributed by atoms with E-state index >= 15 is 0 Å². The van der Waals surface area contributed by atoms with Crippen LogP contribution in [-0.4, -0.2) is 79.6 Å². The maximum absolute atomic E-state index is 13.8. The van der Waals surface area contributed by atoms with Crippen molar-refractivity contribution >= 4 is 5.91 Å². The predicted molar refractivity (Wildman–Crippen MR) is 136 cm³/mol. The normalized spacial score (nSPS) is 29.5. The van der Waals surface area contributed by atoms with E-state index in [1.54, 1.807) is 6.07 Å². The summed E-state index contributed by atoms with van der Waals surface area (Å²) in [7, 11) is 0. The van der Waals surface area contributed by atoms with Gasteiger partial charge in [0.1, 0.15) is 30.0 Å². The Morgan fingerprint density at radius 1 is 1.15 bits per heavy atom. The van der Waals surface area contributed by atoms with Gasteiger partial charge in [-0.15, -0.1) is 5.10 Å². The van der Waals surface area contributed by atoms with Gasteiger partial charge in [-0.25, -0.2) is 17.9 Å². The molecule has 4 N–H and O–H groups in total. The summed E-state index contributed by atoms with van der Waals surface area (Å²) in [4.78, 5) is 13.5. The van der Waals surface area contributed by atoms with Gasteiger partial charge < -0.3 is 30.1 Å². The molecule has 3 aliphatic rings. The first-order valence-corrected chi connectivity index (χ1v) is 13.5. The number of fused-ring (bicyclic) bond motifs is 1. The van der Waals surface area contributed by atoms with Crippen LogP contribution in [0.2, 0.25) is 0 Å². The monoisotopic (exact) mass is 574 g/mol. The van der Waals surface area contributed by atoms with E-state index in [1.807, 2.05) is 12.1 Å². The number of benzene rings is 2. The van der Waals surface area contributed by atoms with Crippen molar-refractivity contribution < 1.29 is 42.8 Å². The lowest BCUT2D eigenvalue weighted by molar-refractivity contribution is -0.344. The third-order valence-electron chi connectivity index (χ3n) is 8.24. The Kier molecular flexibility index (Phi) is 7.32. The Morgan fingerprint density at radius 3 is 2.66 bits per heavy atom. The van der Waals surface area contributed by atoms with E-state index in [0.29, 0.717) is 5.56 Å². The minimum absolute atomic E-state index is 0.0608. The van der Waals surface area contributed by atoms with Crippen molar-refractivity contribution in [2.45, 2.75) is 68.3 Å². The summed E-state index contributed by atoms with van der Waals surface area (Å²) in [5.41, 5.74) is 2.46. The number of halogens is 3. The number of aliphatic hydroxyl groups excluding tert-OH is 3. The Balaban J connectivity index is 1.31. The topological polar surface area (TPSA) is 139 Å². The van der Waals surface area contributed by atoms with Crippen LogP contribution in [0.1, 0.15) is 46.8 Å². The summed E-state index contributed by atoms with van der Waals surface area (Å²) in [6.07, 6.45) is 0.797. The number of nitrogens with zero attached hydrogens (tertiary/aromatic N) is 3. The van der Waals surface area contributed by atoms with Gasteiger partial charge in [0.15, 0.2) is 17.5 Å². The van der Waals surface area contributed by atoms with Crippen LogP contribution in [0, 0.1) is 17.5 Å². The van der Waals surface area contributed by atoms with Crippen LogP contribution >= 0.6 is 0 Å². The molecule has 0 radical (unpaired) electrons. The molecule has 2 saturated heterocycles. The number of aliphatic hydroxyl groups is 3. The lowest BCUT2D eigenvalue weighted by Crippen LogP contribution is -2.69. The molecule has 6 atom stereocenters. The molecule has 1 aromatic heterocycles. The molecule has 2 fully saturated rings. The van der Waals surface area contributed by atoms with Crippen molar-refractivity contribution in [3.05, 3.63) is 70.7 Å². The molecule has 10 nitrogen and oxygen atoms in total. The van der Waals surface area contributed by atoms with E-state index in [2.05, 4.69) is 15.6 Å². The van der Waals surface area contributed by atoms with E-state index in [1.165, 1.54) is 6.20 Å². The highest BCUT2D eigenvalue weighted by Gasteiger charge is 2.62. The summed E-state index contributed by atoms with van der Waals surface area (Å²) in [5, 5.41) is 43.4. The van der Waals surface area contributed by atoms with E-state index in [-0.39, 0.29) is 30.2 Å². The molecule has 2 aromatic carbocycles. The molecular weight excluding hydrogens is 545 g/mol. The van der Waals surface area contributed by atoms with Gasteiger partial charge in [-0.1, -0.05) is 17.3 Å². The molecule has 1 spiro atoms. The number of rotatable bonds is 5. The van der Waals surface area contributed by atoms with Gasteiger partial charge in [-0.2, -0.15) is 0 Å². The molecule has 3 heterocycles. The summed E-state index contributed by atoms with van der Waals surface area (Å²) < 4.78 is 54.1. The number of aryl methyl sites for hydroxylation is 1. The van der Waals surface area contributed by atoms with Crippen molar-refractivity contribution in [3.63, 3.8) is 0 Å². The fourth-order valence-corrected chi connectivity index (χ4v) is 6.17. The van der Waals surface area contributed by atoms with Gasteiger partial charge in [0.25, 0.3) is 5.91 Å². The zero-order valence-corrected chi connectivity index (χ0v) is 21.8. The Morgan fingerprint density at radius 2 is 1.90 bits per heavy atom. The average Bonchev–Trinajstić information content (AvgIpc) is 3.61. The van der Waals surface area contributed by atoms with Crippen molar-refractivity contribution in [1.29, 1.82) is 0 Å². The van der Waals surface area contributed by atoms with Gasteiger partial charge in [0.05, 0.1) is 25.5 Å². The lowest BCUT2D eigenvalue weighted by atomic mass is 9.85. The highest BCUT2D eigenvalue weighted by molar-refractivity contribution is 5.96. The van der Waals surface area contributed by atoms with Gasteiger partial charge in [0, 0.05) is 11.1 Å². The molecule has 0 unspecified atom stereocenters. The Labute approximate surface area is 232 Å². The molecule has 6 rings (SSSR count). The van der Waals surface area contributed by atoms with Crippen molar-refractivity contribution in [3.8, 4) is 11.3 Å². The van der Waals surface area contributed by atoms with Crippen LogP contribution in [0.3, 0.4) is 0 Å². The van der Waals surface area contributed by atoms with Crippen LogP contribution in [0.4, 0.5) is 13.2 Å². The average molecular weight is 575 g/mol. The number of ether oxygens (including phenoxy) is 2. The van der Waals surface area contributed by atoms with Gasteiger partial charge in [-0.3, -0.25) is 4.79 Å². The van der Waals surface area contributed by atoms with Crippen molar-refractivity contribution in [2.24, 2.45) is 0 Å². The number of nitrogens with one attached hydrogen (secondary N) is 1. The second kappa shape index (κ2) is 10.8. The molecule has 13 heteroatoms. The molecule has 0 bridgehead atoms. The zero-order valence-electron chi connectivity index (χ0n) is 21.8. The molecule has 0 saturated carbocycles. The summed E-state index contributed by atoms with van der Waals surface area (Å²) in [6.45, 7) is -0.551. The molecule has 218 valence electrons. The molecule has 41 heavy (non-hydrogen) atoms. The first-order valence-electron chi connectivity index (χ1n) is 13.5. The predicted octanol–water partition coefficient (Wildman–Crippen LogP) is 1.81. The molecule has 3 aromatic rings. The number of carbonyl (C=O) groups excluding carboxylic acids is 1. The van der Waals surface area contributed by atoms with Crippen molar-refractivity contribution in [1.82, 2.24) is 20.3 Å². The molecule has 1 aliphatic carbocycles. The number of aromatic nitrogens is 3. The first-order chi connectivity index (χ1) is 19.7. The maximum Gasteiger partial charge on any atom is 0.251 e. The van der Waals surface area contributed by atoms with E-state index in [9.17, 15) is 33.3 Å². The number of carbonyl (C=O) groups is 1. The minimum Gasteiger partial charge on any atom is -0.394 e. The highest BCUT2D eigenvalue weighted by atomic mass is 19.2. The van der Waals surface area contributed by atoms with Crippen LogP contribution in [0.5, 0.6) is 0 Å². The SMILES string of the molecule is O=C(N[C@@H]1CCO[C@]12O[C@H](CO)[C@H](O)[C@H](n1cc(-c3cc(F)c(F)c(F)c3)nn1)[C@H]2O)c1cccc2c1CCCC2. The standard InChI is InChI=1S/C28H29F3N4O6/c29-18-10-15(11-19(30)23(18)31)20-12-35(34-33-20)24-25(37)21(13-36)41-28(26(24)38)22(8-9-40-28)32-27(39)17-7-3-5-14-4-1-2-6-16(14)17/h3,5,7,10-12,21-22,24-26,36-38H,1-2,4,6,8-9,13H2,(H,32,39)/t21-,22-,24+,25+,26-,28+/m1/s1. The summed E-state index contributed by atoms with van der Waals surface area (Å²) in [5.74, 6) is -6.69. The summed E-state index contributed by atoms with van der Waals surface area (Å²) >= 11 is 0. The van der Waals surface area contributed by atoms with E-state index in [4.69, 9.17) is 9.47 Å². The third kappa shape index (κ3) is 4.71. The van der Waals surface area contributed by atoms with Crippen LogP contribution in [0.25, 0.3) is 11.3 Å². The molecule has 2 aliphatic heterocycles. The minimum atomic E-state index is -1.86. The van der Waals surface area contributed by atoms with Gasteiger partial charge in [-0.05, 0) is 61.4 Å². The van der Waals surface area contributed by atoms with Gasteiger partial charge >= 0.3 is 0 Å². The Bertz CT molecular complexity index is 1450. The lowest BCUT2D eigenvalue weighted by Gasteiger charge is -2.49. The quantitative estimate of drug-likeness (QED) is 0.339. The van der Waals surface area contributed by atoms with E-state index < -0.39 is 60.2 Å². The van der Waals surface area contributed by atoms with Crippen LogP contribution in [0.15, 0.2) is 36.5 Å². The smallest absolute Gasteiger partial charge is 0.251 e. The molecule has 1 amide bonds. The fraction of sp³-hybridized carbons (Fsp3) is 0.464. The second-order valence-corrected chi connectivity index (χ2v) is 10.6. The number of hydrogen-bond donors (Lipinski definition) is 4. The first kappa shape index (κ1) is 27.8. The second-order valence-electron chi connectivity index (χ2n) is 10.6. The zero-order chi connectivity index (χ0) is 28.9. The number of hydrogen-bond acceptors (Lipinski definition) is 8. The highest BCUT2D eigenvalue weighted by Crippen LogP contribution is 2.43. The van der Waals surface area contributed by atoms with Gasteiger partial charge in [0.2, 0.25) is 5.79 Å². The summed E-state index contributed by atoms with van der Waals surface area (Å²) in [6, 6.07) is 4.92. The number of amides is 1. The largest absolute Gasteiger partial charge is 0.394 e. The Hall–Kier alpha value is -3.36. The molecular formula is C28H29F3N4O6. The third-order valence-corrected chi connectivity index (χ3v) is 8.24. The maximum atomic E-state index is 13.8. The van der Waals surface area contributed by atoms with E-state index in [0.717, 1.165) is 53.6 Å². The fourth-order valence-electron chi connectivity index (χ4n) is 6.17. The van der Waals surface area contributed by atoms with Crippen LogP contribution < -0.4 is 5.32 Å².